The number of nitrogens with one attached hydrogen (secondary N) is 3. The monoisotopic (exact) mass is 480 g/mol. The molecule has 0 saturated carbocycles. The maximum atomic E-state index is 12.6. The highest BCUT2D eigenvalue weighted by Gasteiger charge is 2.16. The number of nitrogens with zero attached hydrogens (tertiary/aromatic N) is 1. The van der Waals surface area contributed by atoms with Crippen LogP contribution in [-0.2, 0) is 10.0 Å². The Labute approximate surface area is 187 Å². The van der Waals surface area contributed by atoms with Crippen molar-refractivity contribution in [3.63, 3.8) is 0 Å². The van der Waals surface area contributed by atoms with Crippen LogP contribution in [0.3, 0.4) is 0 Å². The van der Waals surface area contributed by atoms with Gasteiger partial charge in [-0.2, -0.15) is 0 Å². The van der Waals surface area contributed by atoms with E-state index in [2.05, 4.69) is 15.4 Å². The largest absolute Gasteiger partial charge is 0.323 e. The smallest absolute Gasteiger partial charge is 0.308 e. The van der Waals surface area contributed by atoms with Crippen LogP contribution in [0, 0.1) is 10.1 Å². The molecule has 0 saturated heterocycles. The Kier molecular flexibility index (Phi) is 6.64. The molecule has 0 bridgehead atoms. The lowest BCUT2D eigenvalue weighted by Gasteiger charge is -2.11. The van der Waals surface area contributed by atoms with E-state index in [0.717, 1.165) is 0 Å². The Morgan fingerprint density at radius 2 is 1.48 bits per heavy atom. The van der Waals surface area contributed by atoms with Crippen LogP contribution in [-0.4, -0.2) is 19.4 Å². The molecule has 0 aliphatic heterocycles. The predicted octanol–water partition coefficient (Wildman–Crippen LogP) is 5.35. The minimum Gasteiger partial charge on any atom is -0.308 e. The van der Waals surface area contributed by atoms with E-state index >= 15 is 0 Å². The van der Waals surface area contributed by atoms with Crippen molar-refractivity contribution in [1.29, 1.82) is 0 Å². The molecule has 31 heavy (non-hydrogen) atoms. The molecule has 12 heteroatoms. The number of nitro benzene ring substituents is 1. The summed E-state index contributed by atoms with van der Waals surface area (Å²) in [4.78, 5) is 22.2. The van der Waals surface area contributed by atoms with Gasteiger partial charge in [-0.05, 0) is 48.5 Å². The van der Waals surface area contributed by atoms with Crippen LogP contribution in [0.5, 0.6) is 0 Å². The highest BCUT2D eigenvalue weighted by atomic mass is 35.5. The number of rotatable bonds is 6. The van der Waals surface area contributed by atoms with Gasteiger partial charge in [0.25, 0.3) is 15.7 Å². The highest BCUT2D eigenvalue weighted by Crippen LogP contribution is 2.27. The molecule has 160 valence electrons. The zero-order valence-corrected chi connectivity index (χ0v) is 17.8. The van der Waals surface area contributed by atoms with Gasteiger partial charge >= 0.3 is 6.03 Å². The zero-order chi connectivity index (χ0) is 22.6. The number of non-ortho nitro benzene ring substituents is 1. The molecule has 3 rings (SSSR count). The number of sulfonamides is 1. The van der Waals surface area contributed by atoms with Crippen molar-refractivity contribution in [1.82, 2.24) is 0 Å². The third kappa shape index (κ3) is 5.85. The number of anilines is 3. The second kappa shape index (κ2) is 9.21. The summed E-state index contributed by atoms with van der Waals surface area (Å²) in [5.41, 5.74) is 0.659. The molecule has 0 aliphatic rings. The van der Waals surface area contributed by atoms with Gasteiger partial charge in [-0.25, -0.2) is 13.2 Å². The summed E-state index contributed by atoms with van der Waals surface area (Å²) in [5.74, 6) is 0. The molecule has 0 spiro atoms. The number of carbonyl (C=O) groups excluding carboxylic acids is 1. The number of carbonyl (C=O) groups is 1. The van der Waals surface area contributed by atoms with Gasteiger partial charge in [-0.1, -0.05) is 29.3 Å². The summed E-state index contributed by atoms with van der Waals surface area (Å²) in [7, 11) is -3.96. The van der Waals surface area contributed by atoms with Crippen molar-refractivity contribution >= 4 is 62.0 Å². The van der Waals surface area contributed by atoms with Crippen LogP contribution in [0.25, 0.3) is 0 Å². The number of hydrogen-bond acceptors (Lipinski definition) is 5. The molecule has 0 fully saturated rings. The van der Waals surface area contributed by atoms with Gasteiger partial charge in [0.15, 0.2) is 0 Å². The lowest BCUT2D eigenvalue weighted by Crippen LogP contribution is -2.20. The van der Waals surface area contributed by atoms with Crippen molar-refractivity contribution in [3.8, 4) is 0 Å². The van der Waals surface area contributed by atoms with Gasteiger partial charge in [-0.15, -0.1) is 0 Å². The molecule has 0 radical (unpaired) electrons. The standard InChI is InChI=1S/C19H14Cl2N4O5S/c20-17-9-6-14(11-18(17)21)24-31(29,30)16-3-1-2-13(10-16)23-19(26)22-12-4-7-15(8-5-12)25(27)28/h1-11,24H,(H2,22,23,26). The average Bonchev–Trinajstić information content (AvgIpc) is 2.71. The van der Waals surface area contributed by atoms with Crippen LogP contribution < -0.4 is 15.4 Å². The summed E-state index contributed by atoms with van der Waals surface area (Å²) in [6.45, 7) is 0. The zero-order valence-electron chi connectivity index (χ0n) is 15.5. The van der Waals surface area contributed by atoms with E-state index < -0.39 is 21.0 Å². The molecule has 0 atom stereocenters. The summed E-state index contributed by atoms with van der Waals surface area (Å²) < 4.78 is 27.7. The van der Waals surface area contributed by atoms with E-state index in [-0.39, 0.29) is 32.0 Å². The first-order chi connectivity index (χ1) is 14.6. The van der Waals surface area contributed by atoms with Crippen molar-refractivity contribution < 1.29 is 18.1 Å². The molecular weight excluding hydrogens is 467 g/mol. The molecule has 0 unspecified atom stereocenters. The van der Waals surface area contributed by atoms with Crippen molar-refractivity contribution in [3.05, 3.63) is 86.9 Å². The fourth-order valence-corrected chi connectivity index (χ4v) is 3.87. The number of urea groups is 1. The number of amides is 2. The maximum Gasteiger partial charge on any atom is 0.323 e. The number of nitro groups is 1. The minimum atomic E-state index is -3.96. The van der Waals surface area contributed by atoms with E-state index in [1.54, 1.807) is 0 Å². The van der Waals surface area contributed by atoms with Gasteiger partial charge in [0.05, 0.1) is 25.6 Å². The third-order valence-electron chi connectivity index (χ3n) is 3.91. The van der Waals surface area contributed by atoms with Gasteiger partial charge in [0, 0.05) is 23.5 Å². The first-order valence-corrected chi connectivity index (χ1v) is 10.8. The average molecular weight is 481 g/mol. The molecule has 3 aromatic rings. The highest BCUT2D eigenvalue weighted by molar-refractivity contribution is 7.92. The molecule has 9 nitrogen and oxygen atoms in total. The van der Waals surface area contributed by atoms with Crippen LogP contribution >= 0.6 is 23.2 Å². The Morgan fingerprint density at radius 3 is 2.13 bits per heavy atom. The van der Waals surface area contributed by atoms with E-state index in [4.69, 9.17) is 23.2 Å². The van der Waals surface area contributed by atoms with Gasteiger partial charge in [-0.3, -0.25) is 14.8 Å². The van der Waals surface area contributed by atoms with Gasteiger partial charge in [0.1, 0.15) is 0 Å². The minimum absolute atomic E-state index is 0.0910. The molecular formula is C19H14Cl2N4O5S. The molecule has 0 aliphatic carbocycles. The fraction of sp³-hybridized carbons (Fsp3) is 0. The van der Waals surface area contributed by atoms with E-state index in [0.29, 0.717) is 5.69 Å². The molecule has 0 aromatic heterocycles. The Balaban J connectivity index is 1.70. The van der Waals surface area contributed by atoms with Crippen LogP contribution in [0.15, 0.2) is 71.6 Å². The van der Waals surface area contributed by atoms with E-state index in [9.17, 15) is 23.3 Å². The fourth-order valence-electron chi connectivity index (χ4n) is 2.47. The van der Waals surface area contributed by atoms with Crippen molar-refractivity contribution in [2.45, 2.75) is 4.90 Å². The summed E-state index contributed by atoms with van der Waals surface area (Å²) in [5, 5.41) is 16.2. The van der Waals surface area contributed by atoms with E-state index in [1.807, 2.05) is 0 Å². The first kappa shape index (κ1) is 22.3. The normalized spacial score (nSPS) is 10.9. The number of benzene rings is 3. The summed E-state index contributed by atoms with van der Waals surface area (Å²) in [6, 6.07) is 14.5. The maximum absolute atomic E-state index is 12.6. The van der Waals surface area contributed by atoms with Crippen molar-refractivity contribution in [2.75, 3.05) is 15.4 Å². The van der Waals surface area contributed by atoms with Gasteiger partial charge in [0.2, 0.25) is 0 Å². The topological polar surface area (TPSA) is 130 Å². The summed E-state index contributed by atoms with van der Waals surface area (Å²) in [6.07, 6.45) is 0. The van der Waals surface area contributed by atoms with Crippen LogP contribution in [0.4, 0.5) is 27.5 Å². The number of hydrogen-bond donors (Lipinski definition) is 3. The molecule has 3 aromatic carbocycles. The SMILES string of the molecule is O=C(Nc1ccc([N+](=O)[O-])cc1)Nc1cccc(S(=O)(=O)Nc2ccc(Cl)c(Cl)c2)c1. The van der Waals surface area contributed by atoms with Crippen LogP contribution in [0.2, 0.25) is 10.0 Å². The quantitative estimate of drug-likeness (QED) is 0.323. The Hall–Kier alpha value is -3.34. The second-order valence-electron chi connectivity index (χ2n) is 6.15. The lowest BCUT2D eigenvalue weighted by molar-refractivity contribution is -0.384. The van der Waals surface area contributed by atoms with E-state index in [1.165, 1.54) is 66.7 Å². The Morgan fingerprint density at radius 1 is 0.839 bits per heavy atom. The second-order valence-corrected chi connectivity index (χ2v) is 8.64. The molecule has 3 N–H and O–H groups in total. The van der Waals surface area contributed by atoms with Gasteiger partial charge < -0.3 is 10.6 Å². The molecule has 0 heterocycles. The first-order valence-electron chi connectivity index (χ1n) is 8.54. The molecule has 2 amide bonds. The Bertz CT molecular complexity index is 1250. The van der Waals surface area contributed by atoms with Crippen LogP contribution in [0.1, 0.15) is 0 Å². The lowest BCUT2D eigenvalue weighted by atomic mass is 10.3. The van der Waals surface area contributed by atoms with Crippen molar-refractivity contribution in [2.24, 2.45) is 0 Å². The predicted molar refractivity (Wildman–Crippen MR) is 119 cm³/mol. The number of halogens is 2. The third-order valence-corrected chi connectivity index (χ3v) is 6.03. The summed E-state index contributed by atoms with van der Waals surface area (Å²) >= 11 is 11.7.